The highest BCUT2D eigenvalue weighted by molar-refractivity contribution is 7.89. The van der Waals surface area contributed by atoms with Crippen LogP contribution >= 0.6 is 0 Å². The first-order valence-electron chi connectivity index (χ1n) is 5.94. The van der Waals surface area contributed by atoms with E-state index < -0.39 is 15.6 Å². The Bertz CT molecular complexity index is 535. The van der Waals surface area contributed by atoms with Gasteiger partial charge in [0.15, 0.2) is 0 Å². The molecule has 5 nitrogen and oxygen atoms in total. The summed E-state index contributed by atoms with van der Waals surface area (Å²) in [6.45, 7) is 6.48. The molecule has 0 fully saturated rings. The van der Waals surface area contributed by atoms with Gasteiger partial charge in [-0.3, -0.25) is 0 Å². The first-order valence-corrected chi connectivity index (χ1v) is 7.42. The first-order chi connectivity index (χ1) is 8.57. The highest BCUT2D eigenvalue weighted by Gasteiger charge is 2.23. The molecule has 0 saturated carbocycles. The van der Waals surface area contributed by atoms with Gasteiger partial charge < -0.3 is 9.84 Å². The molecule has 0 aliphatic carbocycles. The van der Waals surface area contributed by atoms with Gasteiger partial charge in [-0.2, -0.15) is 0 Å². The molecule has 1 rings (SSSR count). The minimum Gasteiger partial charge on any atom is -0.497 e. The summed E-state index contributed by atoms with van der Waals surface area (Å²) in [5.41, 5.74) is 0.127. The number of sulfonamides is 1. The number of aryl methyl sites for hydroxylation is 2. The largest absolute Gasteiger partial charge is 0.497 e. The molecular weight excluding hydrogens is 266 g/mol. The van der Waals surface area contributed by atoms with Crippen LogP contribution in [0, 0.1) is 13.8 Å². The van der Waals surface area contributed by atoms with Crippen LogP contribution in [0.3, 0.4) is 0 Å². The summed E-state index contributed by atoms with van der Waals surface area (Å²) in [6, 6.07) is 3.34. The maximum atomic E-state index is 12.3. The molecule has 19 heavy (non-hydrogen) atoms. The Hall–Kier alpha value is -1.11. The summed E-state index contributed by atoms with van der Waals surface area (Å²) in [4.78, 5) is 0.234. The minimum atomic E-state index is -3.65. The van der Waals surface area contributed by atoms with Gasteiger partial charge in [0.25, 0.3) is 0 Å². The molecule has 0 bridgehead atoms. The van der Waals surface area contributed by atoms with Crippen molar-refractivity contribution in [2.45, 2.75) is 38.2 Å². The third kappa shape index (κ3) is 4.19. The Morgan fingerprint density at radius 3 is 2.11 bits per heavy atom. The van der Waals surface area contributed by atoms with E-state index >= 15 is 0 Å². The topological polar surface area (TPSA) is 75.6 Å². The van der Waals surface area contributed by atoms with Gasteiger partial charge in [-0.15, -0.1) is 0 Å². The van der Waals surface area contributed by atoms with E-state index in [9.17, 15) is 13.5 Å². The van der Waals surface area contributed by atoms with Gasteiger partial charge in [0.1, 0.15) is 5.75 Å². The fraction of sp³-hybridized carbons (Fsp3) is 0.538. The summed E-state index contributed by atoms with van der Waals surface area (Å²) >= 11 is 0. The molecule has 0 aliphatic heterocycles. The molecule has 0 aromatic heterocycles. The fourth-order valence-corrected chi connectivity index (χ4v) is 3.45. The highest BCUT2D eigenvalue weighted by Crippen LogP contribution is 2.25. The average molecular weight is 287 g/mol. The number of rotatable bonds is 5. The van der Waals surface area contributed by atoms with Crippen LogP contribution in [-0.2, 0) is 10.0 Å². The van der Waals surface area contributed by atoms with E-state index in [1.54, 1.807) is 39.8 Å². The first kappa shape index (κ1) is 15.9. The van der Waals surface area contributed by atoms with Gasteiger partial charge in [0, 0.05) is 6.54 Å². The van der Waals surface area contributed by atoms with E-state index in [1.165, 1.54) is 7.11 Å². The van der Waals surface area contributed by atoms with E-state index in [1.807, 2.05) is 0 Å². The summed E-state index contributed by atoms with van der Waals surface area (Å²) < 4.78 is 32.0. The molecule has 1 aromatic rings. The Labute approximate surface area is 114 Å². The van der Waals surface area contributed by atoms with Crippen molar-refractivity contribution >= 4 is 10.0 Å². The molecule has 6 heteroatoms. The molecule has 0 amide bonds. The molecule has 0 saturated heterocycles. The number of methoxy groups -OCH3 is 1. The van der Waals surface area contributed by atoms with Crippen LogP contribution < -0.4 is 9.46 Å². The van der Waals surface area contributed by atoms with Crippen LogP contribution in [0.1, 0.15) is 25.0 Å². The summed E-state index contributed by atoms with van der Waals surface area (Å²) in [6.07, 6.45) is 0. The third-order valence-electron chi connectivity index (χ3n) is 2.63. The van der Waals surface area contributed by atoms with Gasteiger partial charge in [-0.05, 0) is 51.0 Å². The Balaban J connectivity index is 3.15. The van der Waals surface area contributed by atoms with Crippen molar-refractivity contribution < 1.29 is 18.3 Å². The number of nitrogens with one attached hydrogen (secondary N) is 1. The standard InChI is InChI=1S/C13H21NO4S/c1-9-6-11(18-5)7-10(2)12(9)19(16,17)14-8-13(3,4)15/h6-7,14-15H,8H2,1-5H3. The summed E-state index contributed by atoms with van der Waals surface area (Å²) in [5.74, 6) is 0.622. The lowest BCUT2D eigenvalue weighted by molar-refractivity contribution is 0.0857. The predicted octanol–water partition coefficient (Wildman–Crippen LogP) is 1.36. The van der Waals surface area contributed by atoms with Crippen molar-refractivity contribution in [2.24, 2.45) is 0 Å². The maximum absolute atomic E-state index is 12.3. The minimum absolute atomic E-state index is 0.0414. The van der Waals surface area contributed by atoms with Crippen molar-refractivity contribution in [3.8, 4) is 5.75 Å². The van der Waals surface area contributed by atoms with Crippen LogP contribution in [-0.4, -0.2) is 32.8 Å². The lowest BCUT2D eigenvalue weighted by atomic mass is 10.1. The van der Waals surface area contributed by atoms with Crippen molar-refractivity contribution in [3.05, 3.63) is 23.3 Å². The molecular formula is C13H21NO4S. The molecule has 2 N–H and O–H groups in total. The molecule has 0 heterocycles. The van der Waals surface area contributed by atoms with Gasteiger partial charge in [-0.25, -0.2) is 13.1 Å². The van der Waals surface area contributed by atoms with E-state index in [4.69, 9.17) is 4.74 Å². The van der Waals surface area contributed by atoms with Crippen LogP contribution in [0.25, 0.3) is 0 Å². The number of ether oxygens (including phenoxy) is 1. The number of hydrogen-bond acceptors (Lipinski definition) is 4. The summed E-state index contributed by atoms with van der Waals surface area (Å²) in [7, 11) is -2.11. The van der Waals surface area contributed by atoms with E-state index in [-0.39, 0.29) is 11.4 Å². The predicted molar refractivity (Wildman–Crippen MR) is 74.0 cm³/mol. The normalized spacial score (nSPS) is 12.5. The van der Waals surface area contributed by atoms with Crippen molar-refractivity contribution in [2.75, 3.05) is 13.7 Å². The zero-order valence-electron chi connectivity index (χ0n) is 11.9. The van der Waals surface area contributed by atoms with Crippen molar-refractivity contribution in [3.63, 3.8) is 0 Å². The molecule has 1 aromatic carbocycles. The van der Waals surface area contributed by atoms with E-state index in [0.29, 0.717) is 16.9 Å². The number of hydrogen-bond donors (Lipinski definition) is 2. The quantitative estimate of drug-likeness (QED) is 0.857. The molecule has 0 atom stereocenters. The highest BCUT2D eigenvalue weighted by atomic mass is 32.2. The number of benzene rings is 1. The Morgan fingerprint density at radius 2 is 1.74 bits per heavy atom. The van der Waals surface area contributed by atoms with Gasteiger partial charge in [0.05, 0.1) is 17.6 Å². The van der Waals surface area contributed by atoms with Crippen LogP contribution in [0.4, 0.5) is 0 Å². The monoisotopic (exact) mass is 287 g/mol. The zero-order chi connectivity index (χ0) is 14.8. The van der Waals surface area contributed by atoms with Crippen molar-refractivity contribution in [1.82, 2.24) is 4.72 Å². The number of aliphatic hydroxyl groups is 1. The summed E-state index contributed by atoms with van der Waals surface area (Å²) in [5, 5.41) is 9.60. The van der Waals surface area contributed by atoms with Crippen LogP contribution in [0.5, 0.6) is 5.75 Å². The third-order valence-corrected chi connectivity index (χ3v) is 4.34. The second-order valence-corrected chi connectivity index (χ2v) is 6.93. The lowest BCUT2D eigenvalue weighted by Gasteiger charge is -2.19. The smallest absolute Gasteiger partial charge is 0.241 e. The van der Waals surface area contributed by atoms with E-state index in [0.717, 1.165) is 0 Å². The van der Waals surface area contributed by atoms with Gasteiger partial charge in [-0.1, -0.05) is 0 Å². The average Bonchev–Trinajstić information content (AvgIpc) is 2.24. The second-order valence-electron chi connectivity index (χ2n) is 5.23. The zero-order valence-corrected chi connectivity index (χ0v) is 12.8. The fourth-order valence-electron chi connectivity index (χ4n) is 1.80. The molecule has 0 spiro atoms. The molecule has 0 unspecified atom stereocenters. The molecule has 0 radical (unpaired) electrons. The van der Waals surface area contributed by atoms with Gasteiger partial charge in [0.2, 0.25) is 10.0 Å². The van der Waals surface area contributed by atoms with Crippen molar-refractivity contribution in [1.29, 1.82) is 0 Å². The SMILES string of the molecule is COc1cc(C)c(S(=O)(=O)NCC(C)(C)O)c(C)c1. The second kappa shape index (κ2) is 5.48. The molecule has 0 aliphatic rings. The van der Waals surface area contributed by atoms with Crippen LogP contribution in [0.15, 0.2) is 17.0 Å². The van der Waals surface area contributed by atoms with Gasteiger partial charge >= 0.3 is 0 Å². The maximum Gasteiger partial charge on any atom is 0.241 e. The van der Waals surface area contributed by atoms with Crippen LogP contribution in [0.2, 0.25) is 0 Å². The Morgan fingerprint density at radius 1 is 1.26 bits per heavy atom. The van der Waals surface area contributed by atoms with E-state index in [2.05, 4.69) is 4.72 Å². The molecule has 108 valence electrons. The lowest BCUT2D eigenvalue weighted by Crippen LogP contribution is -2.38. The Kier molecular flexibility index (Phi) is 4.60.